The van der Waals surface area contributed by atoms with Crippen LogP contribution >= 0.6 is 15.9 Å². The van der Waals surface area contributed by atoms with Crippen LogP contribution in [0.25, 0.3) is 0 Å². The van der Waals surface area contributed by atoms with E-state index in [0.29, 0.717) is 5.75 Å². The molecular formula is C15H14BrFN2O2. The van der Waals surface area contributed by atoms with E-state index >= 15 is 0 Å². The van der Waals surface area contributed by atoms with E-state index in [4.69, 9.17) is 15.7 Å². The molecule has 2 rings (SSSR count). The third kappa shape index (κ3) is 3.33. The van der Waals surface area contributed by atoms with E-state index in [2.05, 4.69) is 21.1 Å². The summed E-state index contributed by atoms with van der Waals surface area (Å²) in [7, 11) is 0. The Morgan fingerprint density at radius 1 is 1.38 bits per heavy atom. The predicted molar refractivity (Wildman–Crippen MR) is 82.5 cm³/mol. The fourth-order valence-electron chi connectivity index (χ4n) is 1.82. The maximum Gasteiger partial charge on any atom is 0.180 e. The van der Waals surface area contributed by atoms with Crippen LogP contribution in [0.2, 0.25) is 0 Å². The van der Waals surface area contributed by atoms with Crippen LogP contribution in [0.3, 0.4) is 0 Å². The lowest BCUT2D eigenvalue weighted by Gasteiger charge is -2.11. The summed E-state index contributed by atoms with van der Waals surface area (Å²) in [5, 5.41) is 11.5. The number of aryl methyl sites for hydroxylation is 1. The van der Waals surface area contributed by atoms with Gasteiger partial charge in [-0.25, -0.2) is 4.39 Å². The summed E-state index contributed by atoms with van der Waals surface area (Å²) in [4.78, 5) is 0. The Balaban J connectivity index is 2.35. The minimum absolute atomic E-state index is 0.0598. The molecule has 0 atom stereocenters. The Bertz CT molecular complexity index is 689. The minimum atomic E-state index is -0.610. The third-order valence-electron chi connectivity index (χ3n) is 2.97. The molecule has 6 heteroatoms. The lowest BCUT2D eigenvalue weighted by atomic mass is 10.1. The van der Waals surface area contributed by atoms with Crippen LogP contribution in [0.1, 0.15) is 18.1 Å². The normalized spacial score (nSPS) is 11.5. The van der Waals surface area contributed by atoms with Gasteiger partial charge in [0.2, 0.25) is 0 Å². The van der Waals surface area contributed by atoms with E-state index in [1.54, 1.807) is 6.07 Å². The number of rotatable bonds is 4. The molecule has 4 nitrogen and oxygen atoms in total. The zero-order chi connectivity index (χ0) is 15.4. The maximum absolute atomic E-state index is 14.3. The number of benzene rings is 2. The first-order valence-electron chi connectivity index (χ1n) is 6.29. The van der Waals surface area contributed by atoms with Gasteiger partial charge in [-0.1, -0.05) is 24.2 Å². The van der Waals surface area contributed by atoms with Crippen LogP contribution < -0.4 is 10.5 Å². The number of amidine groups is 1. The van der Waals surface area contributed by atoms with Gasteiger partial charge in [-0.05, 0) is 52.2 Å². The van der Waals surface area contributed by atoms with E-state index in [1.165, 1.54) is 12.1 Å². The van der Waals surface area contributed by atoms with Crippen molar-refractivity contribution in [2.45, 2.75) is 13.3 Å². The number of ether oxygens (including phenoxy) is 1. The molecule has 0 saturated carbocycles. The first kappa shape index (κ1) is 15.3. The van der Waals surface area contributed by atoms with E-state index < -0.39 is 5.82 Å². The molecule has 110 valence electrons. The van der Waals surface area contributed by atoms with Crippen molar-refractivity contribution in [3.8, 4) is 11.5 Å². The standard InChI is InChI=1S/C15H14BrFN2O2/c1-2-9-4-3-5-10(8-9)21-12-7-6-11(15(18)19-20)13(16)14(12)17/h3-8,20H,2H2,1H3,(H2,18,19). The first-order chi connectivity index (χ1) is 10.1. The molecule has 0 fully saturated rings. The number of nitrogens with two attached hydrogens (primary N) is 1. The minimum Gasteiger partial charge on any atom is -0.454 e. The second-order valence-corrected chi connectivity index (χ2v) is 5.12. The van der Waals surface area contributed by atoms with Crippen molar-refractivity contribution in [2.75, 3.05) is 0 Å². The highest BCUT2D eigenvalue weighted by Gasteiger charge is 2.15. The molecule has 0 aliphatic carbocycles. The van der Waals surface area contributed by atoms with Crippen LogP contribution in [-0.4, -0.2) is 11.0 Å². The van der Waals surface area contributed by atoms with Gasteiger partial charge in [-0.15, -0.1) is 0 Å². The molecule has 0 bridgehead atoms. The van der Waals surface area contributed by atoms with Gasteiger partial charge in [0.25, 0.3) is 0 Å². The Morgan fingerprint density at radius 2 is 2.14 bits per heavy atom. The highest BCUT2D eigenvalue weighted by Crippen LogP contribution is 2.32. The van der Waals surface area contributed by atoms with E-state index in [-0.39, 0.29) is 21.6 Å². The molecule has 0 amide bonds. The molecule has 0 aliphatic rings. The van der Waals surface area contributed by atoms with Crippen LogP contribution in [0.5, 0.6) is 11.5 Å². The maximum atomic E-state index is 14.3. The highest BCUT2D eigenvalue weighted by molar-refractivity contribution is 9.10. The lowest BCUT2D eigenvalue weighted by molar-refractivity contribution is 0.318. The predicted octanol–water partition coefficient (Wildman–Crippen LogP) is 4.04. The summed E-state index contributed by atoms with van der Waals surface area (Å²) in [6.45, 7) is 2.03. The largest absolute Gasteiger partial charge is 0.454 e. The van der Waals surface area contributed by atoms with Gasteiger partial charge in [0, 0.05) is 5.56 Å². The van der Waals surface area contributed by atoms with Crippen LogP contribution in [0.4, 0.5) is 4.39 Å². The van der Waals surface area contributed by atoms with E-state index in [9.17, 15) is 4.39 Å². The zero-order valence-corrected chi connectivity index (χ0v) is 12.9. The summed E-state index contributed by atoms with van der Waals surface area (Å²) >= 11 is 3.09. The molecule has 0 radical (unpaired) electrons. The van der Waals surface area contributed by atoms with Crippen molar-refractivity contribution in [2.24, 2.45) is 10.9 Å². The lowest BCUT2D eigenvalue weighted by Crippen LogP contribution is -2.14. The molecule has 0 unspecified atom stereocenters. The van der Waals surface area contributed by atoms with Gasteiger partial charge >= 0.3 is 0 Å². The Labute approximate surface area is 130 Å². The number of oxime groups is 1. The zero-order valence-electron chi connectivity index (χ0n) is 11.3. The molecule has 3 N–H and O–H groups in total. The highest BCUT2D eigenvalue weighted by atomic mass is 79.9. The van der Waals surface area contributed by atoms with Gasteiger partial charge in [0.15, 0.2) is 17.4 Å². The molecule has 2 aromatic carbocycles. The van der Waals surface area contributed by atoms with Gasteiger partial charge in [0.1, 0.15) is 5.75 Å². The molecule has 0 aromatic heterocycles. The summed E-state index contributed by atoms with van der Waals surface area (Å²) in [6.07, 6.45) is 0.867. The van der Waals surface area contributed by atoms with E-state index in [0.717, 1.165) is 12.0 Å². The van der Waals surface area contributed by atoms with Crippen LogP contribution in [0.15, 0.2) is 46.0 Å². The fourth-order valence-corrected chi connectivity index (χ4v) is 2.35. The Hall–Kier alpha value is -2.08. The van der Waals surface area contributed by atoms with Crippen molar-refractivity contribution < 1.29 is 14.3 Å². The number of hydrogen-bond donors (Lipinski definition) is 2. The topological polar surface area (TPSA) is 67.8 Å². The summed E-state index contributed by atoms with van der Waals surface area (Å²) in [5.74, 6) is -0.178. The van der Waals surface area contributed by atoms with Crippen molar-refractivity contribution in [3.63, 3.8) is 0 Å². The average molecular weight is 353 g/mol. The Kier molecular flexibility index (Phi) is 4.80. The molecule has 21 heavy (non-hydrogen) atoms. The number of hydrogen-bond acceptors (Lipinski definition) is 3. The summed E-state index contributed by atoms with van der Waals surface area (Å²) in [6, 6.07) is 10.4. The van der Waals surface area contributed by atoms with Gasteiger partial charge in [-0.2, -0.15) is 0 Å². The van der Waals surface area contributed by atoms with Crippen molar-refractivity contribution >= 4 is 21.8 Å². The average Bonchev–Trinajstić information content (AvgIpc) is 2.51. The molecule has 0 spiro atoms. The summed E-state index contributed by atoms with van der Waals surface area (Å²) in [5.41, 5.74) is 6.82. The quantitative estimate of drug-likeness (QED) is 0.377. The van der Waals surface area contributed by atoms with Crippen molar-refractivity contribution in [3.05, 3.63) is 57.8 Å². The fraction of sp³-hybridized carbons (Fsp3) is 0.133. The molecular weight excluding hydrogens is 339 g/mol. The first-order valence-corrected chi connectivity index (χ1v) is 7.08. The second kappa shape index (κ2) is 6.58. The van der Waals surface area contributed by atoms with Crippen molar-refractivity contribution in [1.29, 1.82) is 0 Å². The number of nitrogens with zero attached hydrogens (tertiary/aromatic N) is 1. The van der Waals surface area contributed by atoms with Crippen LogP contribution in [-0.2, 0) is 6.42 Å². The SMILES string of the molecule is CCc1cccc(Oc2ccc(/C(N)=N/O)c(Br)c2F)c1. The Morgan fingerprint density at radius 3 is 2.81 bits per heavy atom. The van der Waals surface area contributed by atoms with Crippen LogP contribution in [0, 0.1) is 5.82 Å². The molecule has 2 aromatic rings. The molecule has 0 saturated heterocycles. The summed E-state index contributed by atoms with van der Waals surface area (Å²) < 4.78 is 19.9. The van der Waals surface area contributed by atoms with Crippen molar-refractivity contribution in [1.82, 2.24) is 0 Å². The molecule has 0 aliphatic heterocycles. The second-order valence-electron chi connectivity index (χ2n) is 4.33. The van der Waals surface area contributed by atoms with E-state index in [1.807, 2.05) is 25.1 Å². The monoisotopic (exact) mass is 352 g/mol. The number of halogens is 2. The van der Waals surface area contributed by atoms with Gasteiger partial charge < -0.3 is 15.7 Å². The van der Waals surface area contributed by atoms with Gasteiger partial charge in [-0.3, -0.25) is 0 Å². The van der Waals surface area contributed by atoms with Gasteiger partial charge in [0.05, 0.1) is 4.47 Å². The molecule has 0 heterocycles. The smallest absolute Gasteiger partial charge is 0.180 e. The third-order valence-corrected chi connectivity index (χ3v) is 3.74.